The van der Waals surface area contributed by atoms with Gasteiger partial charge < -0.3 is 4.74 Å². The summed E-state index contributed by atoms with van der Waals surface area (Å²) in [5.74, 6) is 5.30. The van der Waals surface area contributed by atoms with Crippen LogP contribution in [-0.4, -0.2) is 7.11 Å². The monoisotopic (exact) mass is 221 g/mol. The van der Waals surface area contributed by atoms with Crippen LogP contribution in [0.4, 0.5) is 4.39 Å². The Bertz CT molecular complexity index is 280. The number of pyridine rings is 1. The lowest BCUT2D eigenvalue weighted by atomic mass is 10.5. The zero-order chi connectivity index (χ0) is 8.43. The maximum atomic E-state index is 12.7. The quantitative estimate of drug-likeness (QED) is 0.558. The summed E-state index contributed by atoms with van der Waals surface area (Å²) in [4.78, 5) is 0. The molecule has 2 N–H and O–H groups in total. The van der Waals surface area contributed by atoms with Gasteiger partial charge in [-0.15, -0.1) is 0 Å². The molecule has 1 aromatic rings. The second kappa shape index (κ2) is 3.04. The third-order valence-corrected chi connectivity index (χ3v) is 1.80. The molecule has 0 unspecified atom stereocenters. The van der Waals surface area contributed by atoms with Gasteiger partial charge in [0.1, 0.15) is 0 Å². The van der Waals surface area contributed by atoms with Gasteiger partial charge in [0.25, 0.3) is 0 Å². The van der Waals surface area contributed by atoms with Gasteiger partial charge in [0.05, 0.1) is 17.6 Å². The molecule has 1 rings (SSSR count). The van der Waals surface area contributed by atoms with Gasteiger partial charge >= 0.3 is 5.88 Å². The van der Waals surface area contributed by atoms with Crippen LogP contribution in [0.25, 0.3) is 0 Å². The molecule has 1 heterocycles. The van der Waals surface area contributed by atoms with Gasteiger partial charge in [0.15, 0.2) is 0 Å². The molecule has 60 valence electrons. The van der Waals surface area contributed by atoms with Gasteiger partial charge in [-0.1, -0.05) is 0 Å². The van der Waals surface area contributed by atoms with Crippen LogP contribution in [-0.2, 0) is 0 Å². The highest BCUT2D eigenvalue weighted by molar-refractivity contribution is 9.10. The summed E-state index contributed by atoms with van der Waals surface area (Å²) in [6, 6.07) is 1.45. The van der Waals surface area contributed by atoms with E-state index in [0.29, 0.717) is 10.4 Å². The van der Waals surface area contributed by atoms with E-state index in [1.165, 1.54) is 13.2 Å². The lowest BCUT2D eigenvalue weighted by Gasteiger charge is -1.96. The maximum absolute atomic E-state index is 12.7. The van der Waals surface area contributed by atoms with E-state index in [1.54, 1.807) is 0 Å². The number of halogens is 2. The first-order valence-corrected chi connectivity index (χ1v) is 3.64. The molecule has 0 bridgehead atoms. The molecular weight excluding hydrogens is 215 g/mol. The molecule has 0 fully saturated rings. The van der Waals surface area contributed by atoms with Crippen LogP contribution in [0.15, 0.2) is 16.7 Å². The smallest absolute Gasteiger partial charge is 0.397 e. The number of aromatic nitrogens is 1. The van der Waals surface area contributed by atoms with E-state index < -0.39 is 5.82 Å². The van der Waals surface area contributed by atoms with E-state index in [-0.39, 0.29) is 0 Å². The summed E-state index contributed by atoms with van der Waals surface area (Å²) in [5, 5.41) is 0. The molecule has 11 heavy (non-hydrogen) atoms. The summed E-state index contributed by atoms with van der Waals surface area (Å²) in [6.45, 7) is 0. The molecule has 0 saturated heterocycles. The normalized spacial score (nSPS) is 9.73. The van der Waals surface area contributed by atoms with Crippen molar-refractivity contribution in [2.75, 3.05) is 13.0 Å². The Balaban J connectivity index is 3.21. The zero-order valence-corrected chi connectivity index (χ0v) is 7.43. The van der Waals surface area contributed by atoms with Gasteiger partial charge in [-0.05, 0) is 20.6 Å². The predicted octanol–water partition coefficient (Wildman–Crippen LogP) is 0.598. The highest BCUT2D eigenvalue weighted by Gasteiger charge is 2.12. The van der Waals surface area contributed by atoms with E-state index in [4.69, 9.17) is 10.6 Å². The average Bonchev–Trinajstić information content (AvgIpc) is 1.97. The highest BCUT2D eigenvalue weighted by atomic mass is 79.9. The molecule has 0 saturated carbocycles. The van der Waals surface area contributed by atoms with Crippen LogP contribution in [0.2, 0.25) is 0 Å². The number of hydrogen-bond acceptors (Lipinski definition) is 2. The van der Waals surface area contributed by atoms with Crippen molar-refractivity contribution in [2.24, 2.45) is 0 Å². The highest BCUT2D eigenvalue weighted by Crippen LogP contribution is 2.16. The number of nitrogen functional groups attached to an aromatic ring is 1. The summed E-state index contributed by atoms with van der Waals surface area (Å²) in [6.07, 6.45) is 1.13. The van der Waals surface area contributed by atoms with Crippen LogP contribution in [0.3, 0.4) is 0 Å². The zero-order valence-electron chi connectivity index (χ0n) is 5.84. The minimum Gasteiger partial charge on any atom is -0.446 e. The van der Waals surface area contributed by atoms with Crippen LogP contribution in [0.1, 0.15) is 0 Å². The molecule has 1 aromatic heterocycles. The number of rotatable bonds is 1. The van der Waals surface area contributed by atoms with Gasteiger partial charge in [0, 0.05) is 0 Å². The van der Waals surface area contributed by atoms with E-state index in [9.17, 15) is 4.39 Å². The maximum Gasteiger partial charge on any atom is 0.397 e. The minimum absolute atomic E-state index is 0.330. The Morgan fingerprint density at radius 1 is 1.73 bits per heavy atom. The topological polar surface area (TPSA) is 39.1 Å². The first-order valence-electron chi connectivity index (χ1n) is 2.85. The van der Waals surface area contributed by atoms with Crippen LogP contribution < -0.4 is 15.3 Å². The van der Waals surface area contributed by atoms with Gasteiger partial charge in [-0.2, -0.15) is 4.39 Å². The fourth-order valence-corrected chi connectivity index (χ4v) is 0.962. The Labute approximate surface area is 71.7 Å². The van der Waals surface area contributed by atoms with Crippen molar-refractivity contribution in [3.05, 3.63) is 22.6 Å². The lowest BCUT2D eigenvalue weighted by molar-refractivity contribution is -0.646. The molecule has 0 aliphatic rings. The van der Waals surface area contributed by atoms with Gasteiger partial charge in [-0.3, -0.25) is 0 Å². The van der Waals surface area contributed by atoms with Crippen molar-refractivity contribution in [3.8, 4) is 5.88 Å². The molecule has 0 radical (unpaired) electrons. The van der Waals surface area contributed by atoms with Crippen molar-refractivity contribution in [1.29, 1.82) is 0 Å². The second-order valence-corrected chi connectivity index (χ2v) is 2.77. The number of ether oxygens (including phenoxy) is 1. The molecule has 0 aliphatic heterocycles. The Morgan fingerprint density at radius 3 is 2.91 bits per heavy atom. The third-order valence-electron chi connectivity index (χ3n) is 1.19. The number of hydrogen-bond donors (Lipinski definition) is 1. The fourth-order valence-electron chi connectivity index (χ4n) is 0.664. The Kier molecular flexibility index (Phi) is 2.28. The van der Waals surface area contributed by atoms with Gasteiger partial charge in [0.2, 0.25) is 12.0 Å². The molecular formula is C6H7BrFN2O+. The average molecular weight is 222 g/mol. The Morgan fingerprint density at radius 2 is 2.36 bits per heavy atom. The van der Waals surface area contributed by atoms with Crippen LogP contribution in [0, 0.1) is 5.82 Å². The van der Waals surface area contributed by atoms with E-state index in [0.717, 1.165) is 10.9 Å². The minimum atomic E-state index is -0.423. The number of nitrogens with two attached hydrogens (primary N) is 1. The SMILES string of the molecule is COc1cc(Br)c(F)c[n+]1N. The molecule has 5 heteroatoms. The van der Waals surface area contributed by atoms with Crippen molar-refractivity contribution in [3.63, 3.8) is 0 Å². The second-order valence-electron chi connectivity index (χ2n) is 1.92. The molecule has 0 spiro atoms. The summed E-state index contributed by atoms with van der Waals surface area (Å²) in [5.41, 5.74) is 0. The fraction of sp³-hybridized carbons (Fsp3) is 0.167. The largest absolute Gasteiger partial charge is 0.446 e. The first kappa shape index (κ1) is 8.26. The van der Waals surface area contributed by atoms with Crippen molar-refractivity contribution in [2.45, 2.75) is 0 Å². The van der Waals surface area contributed by atoms with Crippen molar-refractivity contribution in [1.82, 2.24) is 0 Å². The lowest BCUT2D eigenvalue weighted by Crippen LogP contribution is -2.45. The Hall–Kier alpha value is -0.840. The van der Waals surface area contributed by atoms with Crippen molar-refractivity contribution >= 4 is 15.9 Å². The summed E-state index contributed by atoms with van der Waals surface area (Å²) in [7, 11) is 1.46. The molecule has 0 aliphatic carbocycles. The summed E-state index contributed by atoms with van der Waals surface area (Å²) >= 11 is 3.00. The molecule has 0 atom stereocenters. The summed E-state index contributed by atoms with van der Waals surface area (Å²) < 4.78 is 18.9. The predicted molar refractivity (Wildman–Crippen MR) is 41.0 cm³/mol. The number of methoxy groups -OCH3 is 1. The van der Waals surface area contributed by atoms with E-state index in [2.05, 4.69) is 15.9 Å². The van der Waals surface area contributed by atoms with Gasteiger partial charge in [-0.25, -0.2) is 5.84 Å². The van der Waals surface area contributed by atoms with Crippen LogP contribution >= 0.6 is 15.9 Å². The van der Waals surface area contributed by atoms with Crippen molar-refractivity contribution < 1.29 is 13.8 Å². The molecule has 0 amide bonds. The van der Waals surface area contributed by atoms with E-state index in [1.807, 2.05) is 0 Å². The molecule has 0 aromatic carbocycles. The third kappa shape index (κ3) is 1.59. The first-order chi connectivity index (χ1) is 5.15. The standard InChI is InChI=1S/C6H7BrFN2O/c1-11-6-2-4(7)5(8)3-10(6)9/h2-3H,9H2,1H3/q+1. The van der Waals surface area contributed by atoms with Crippen LogP contribution in [0.5, 0.6) is 5.88 Å². The number of nitrogens with zero attached hydrogens (tertiary/aromatic N) is 1. The van der Waals surface area contributed by atoms with E-state index >= 15 is 0 Å². The molecule has 3 nitrogen and oxygen atoms in total.